The second-order valence-electron chi connectivity index (χ2n) is 4.57. The van der Waals surface area contributed by atoms with Crippen molar-refractivity contribution in [2.24, 2.45) is 0 Å². The molecular formula is C17H18FNO2. The molecule has 0 saturated carbocycles. The van der Waals surface area contributed by atoms with Gasteiger partial charge in [-0.15, -0.1) is 0 Å². The van der Waals surface area contributed by atoms with Crippen LogP contribution < -0.4 is 10.1 Å². The number of anilines is 1. The van der Waals surface area contributed by atoms with E-state index in [4.69, 9.17) is 4.74 Å². The normalized spacial score (nSPS) is 10.2. The maximum Gasteiger partial charge on any atom is 0.224 e. The summed E-state index contributed by atoms with van der Waals surface area (Å²) in [5.41, 5.74) is 1.18. The first-order valence-electron chi connectivity index (χ1n) is 6.95. The highest BCUT2D eigenvalue weighted by atomic mass is 19.1. The van der Waals surface area contributed by atoms with Gasteiger partial charge in [0.15, 0.2) is 0 Å². The van der Waals surface area contributed by atoms with Crippen LogP contribution >= 0.6 is 0 Å². The quantitative estimate of drug-likeness (QED) is 0.877. The zero-order chi connectivity index (χ0) is 15.1. The molecule has 0 aromatic heterocycles. The Bertz CT molecular complexity index is 613. The van der Waals surface area contributed by atoms with Gasteiger partial charge in [0.2, 0.25) is 5.91 Å². The standard InChI is InChI=1S/C17H18FNO2/c1-2-21-16-10-6-5-9-15(16)19-17(20)12-11-13-7-3-4-8-14(13)18/h3-10H,2,11-12H2,1H3,(H,19,20). The van der Waals surface area contributed by atoms with Gasteiger partial charge in [0.25, 0.3) is 0 Å². The molecule has 0 aliphatic carbocycles. The zero-order valence-corrected chi connectivity index (χ0v) is 11.9. The van der Waals surface area contributed by atoms with E-state index in [2.05, 4.69) is 5.32 Å². The van der Waals surface area contributed by atoms with Gasteiger partial charge in [0.05, 0.1) is 12.3 Å². The zero-order valence-electron chi connectivity index (χ0n) is 11.9. The Balaban J connectivity index is 1.95. The van der Waals surface area contributed by atoms with Crippen LogP contribution in [0.25, 0.3) is 0 Å². The third-order valence-corrected chi connectivity index (χ3v) is 3.04. The number of amides is 1. The van der Waals surface area contributed by atoms with Crippen LogP contribution in [-0.2, 0) is 11.2 Å². The highest BCUT2D eigenvalue weighted by molar-refractivity contribution is 5.92. The van der Waals surface area contributed by atoms with Crippen molar-refractivity contribution in [1.82, 2.24) is 0 Å². The van der Waals surface area contributed by atoms with Gasteiger partial charge in [-0.2, -0.15) is 0 Å². The molecule has 0 saturated heterocycles. The van der Waals surface area contributed by atoms with E-state index in [9.17, 15) is 9.18 Å². The summed E-state index contributed by atoms with van der Waals surface area (Å²) in [6.07, 6.45) is 0.594. The fourth-order valence-corrected chi connectivity index (χ4v) is 2.01. The highest BCUT2D eigenvalue weighted by Gasteiger charge is 2.09. The molecule has 0 spiro atoms. The van der Waals surface area contributed by atoms with E-state index in [-0.39, 0.29) is 18.1 Å². The van der Waals surface area contributed by atoms with Crippen molar-refractivity contribution in [3.05, 3.63) is 59.9 Å². The number of halogens is 1. The second kappa shape index (κ2) is 7.43. The van der Waals surface area contributed by atoms with E-state index < -0.39 is 0 Å². The molecule has 0 aliphatic heterocycles. The molecule has 3 nitrogen and oxygen atoms in total. The molecule has 0 aliphatic rings. The molecule has 0 fully saturated rings. The molecule has 110 valence electrons. The summed E-state index contributed by atoms with van der Waals surface area (Å²) < 4.78 is 18.9. The Hall–Kier alpha value is -2.36. The van der Waals surface area contributed by atoms with Crippen molar-refractivity contribution >= 4 is 11.6 Å². The van der Waals surface area contributed by atoms with Crippen LogP contribution in [0.15, 0.2) is 48.5 Å². The lowest BCUT2D eigenvalue weighted by atomic mass is 10.1. The second-order valence-corrected chi connectivity index (χ2v) is 4.57. The average Bonchev–Trinajstić information content (AvgIpc) is 2.49. The molecule has 0 radical (unpaired) electrons. The first-order chi connectivity index (χ1) is 10.2. The van der Waals surface area contributed by atoms with Crippen molar-refractivity contribution in [2.75, 3.05) is 11.9 Å². The van der Waals surface area contributed by atoms with Gasteiger partial charge < -0.3 is 10.1 Å². The number of rotatable bonds is 6. The predicted molar refractivity (Wildman–Crippen MR) is 81.0 cm³/mol. The number of ether oxygens (including phenoxy) is 1. The van der Waals surface area contributed by atoms with Crippen molar-refractivity contribution in [2.45, 2.75) is 19.8 Å². The maximum absolute atomic E-state index is 13.5. The molecule has 1 amide bonds. The van der Waals surface area contributed by atoms with Crippen LogP contribution in [0.2, 0.25) is 0 Å². The minimum atomic E-state index is -0.278. The lowest BCUT2D eigenvalue weighted by molar-refractivity contribution is -0.116. The van der Waals surface area contributed by atoms with Gasteiger partial charge >= 0.3 is 0 Å². The molecule has 2 aromatic rings. The van der Waals surface area contributed by atoms with E-state index in [0.29, 0.717) is 30.0 Å². The molecular weight excluding hydrogens is 269 g/mol. The average molecular weight is 287 g/mol. The van der Waals surface area contributed by atoms with E-state index in [1.165, 1.54) is 6.07 Å². The van der Waals surface area contributed by atoms with Crippen molar-refractivity contribution in [1.29, 1.82) is 0 Å². The Morgan fingerprint density at radius 1 is 1.14 bits per heavy atom. The van der Waals surface area contributed by atoms with Gasteiger partial charge in [-0.3, -0.25) is 4.79 Å². The Labute approximate surface area is 123 Å². The summed E-state index contributed by atoms with van der Waals surface area (Å²) >= 11 is 0. The molecule has 0 unspecified atom stereocenters. The third kappa shape index (κ3) is 4.31. The first-order valence-corrected chi connectivity index (χ1v) is 6.95. The van der Waals surface area contributed by atoms with Crippen molar-refractivity contribution in [3.63, 3.8) is 0 Å². The van der Waals surface area contributed by atoms with Crippen LogP contribution in [-0.4, -0.2) is 12.5 Å². The van der Waals surface area contributed by atoms with Crippen molar-refractivity contribution < 1.29 is 13.9 Å². The van der Waals surface area contributed by atoms with E-state index in [0.717, 1.165) is 0 Å². The lowest BCUT2D eigenvalue weighted by Crippen LogP contribution is -2.13. The summed E-state index contributed by atoms with van der Waals surface area (Å²) in [5.74, 6) is 0.199. The molecule has 21 heavy (non-hydrogen) atoms. The third-order valence-electron chi connectivity index (χ3n) is 3.04. The van der Waals surface area contributed by atoms with Gasteiger partial charge in [0.1, 0.15) is 11.6 Å². The number of carbonyl (C=O) groups is 1. The van der Waals surface area contributed by atoms with Crippen LogP contribution in [0.5, 0.6) is 5.75 Å². The molecule has 2 rings (SSSR count). The number of hydrogen-bond donors (Lipinski definition) is 1. The Kier molecular flexibility index (Phi) is 5.32. The van der Waals surface area contributed by atoms with Crippen LogP contribution in [0, 0.1) is 5.82 Å². The van der Waals surface area contributed by atoms with Gasteiger partial charge in [-0.05, 0) is 37.1 Å². The summed E-state index contributed by atoms with van der Waals surface area (Å²) in [6.45, 7) is 2.42. The highest BCUT2D eigenvalue weighted by Crippen LogP contribution is 2.23. The number of para-hydroxylation sites is 2. The molecule has 0 heterocycles. The number of aryl methyl sites for hydroxylation is 1. The summed E-state index contributed by atoms with van der Waals surface area (Å²) in [7, 11) is 0. The van der Waals surface area contributed by atoms with Gasteiger partial charge in [0, 0.05) is 6.42 Å². The summed E-state index contributed by atoms with van der Waals surface area (Å²) in [4.78, 5) is 12.0. The summed E-state index contributed by atoms with van der Waals surface area (Å²) in [6, 6.07) is 13.8. The van der Waals surface area contributed by atoms with Crippen LogP contribution in [0.1, 0.15) is 18.9 Å². The fraction of sp³-hybridized carbons (Fsp3) is 0.235. The molecule has 0 atom stereocenters. The molecule has 0 bridgehead atoms. The number of nitrogens with one attached hydrogen (secondary N) is 1. The minimum absolute atomic E-state index is 0.162. The van der Waals surface area contributed by atoms with Crippen LogP contribution in [0.3, 0.4) is 0 Å². The molecule has 4 heteroatoms. The molecule has 1 N–H and O–H groups in total. The predicted octanol–water partition coefficient (Wildman–Crippen LogP) is 3.80. The Morgan fingerprint density at radius 2 is 1.86 bits per heavy atom. The monoisotopic (exact) mass is 287 g/mol. The van der Waals surface area contributed by atoms with Crippen LogP contribution in [0.4, 0.5) is 10.1 Å². The molecule has 2 aromatic carbocycles. The van der Waals surface area contributed by atoms with E-state index in [1.807, 2.05) is 19.1 Å². The van der Waals surface area contributed by atoms with E-state index in [1.54, 1.807) is 30.3 Å². The number of carbonyl (C=O) groups excluding carboxylic acids is 1. The number of benzene rings is 2. The Morgan fingerprint density at radius 3 is 2.62 bits per heavy atom. The SMILES string of the molecule is CCOc1ccccc1NC(=O)CCc1ccccc1F. The van der Waals surface area contributed by atoms with Crippen molar-refractivity contribution in [3.8, 4) is 5.75 Å². The lowest BCUT2D eigenvalue weighted by Gasteiger charge is -2.11. The smallest absolute Gasteiger partial charge is 0.224 e. The largest absolute Gasteiger partial charge is 0.492 e. The maximum atomic E-state index is 13.5. The van der Waals surface area contributed by atoms with Gasteiger partial charge in [-0.1, -0.05) is 30.3 Å². The topological polar surface area (TPSA) is 38.3 Å². The number of hydrogen-bond acceptors (Lipinski definition) is 2. The summed E-state index contributed by atoms with van der Waals surface area (Å²) in [5, 5.41) is 2.80. The minimum Gasteiger partial charge on any atom is -0.492 e. The first kappa shape index (κ1) is 15.0. The fourth-order valence-electron chi connectivity index (χ4n) is 2.01. The van der Waals surface area contributed by atoms with E-state index >= 15 is 0 Å². The van der Waals surface area contributed by atoms with Gasteiger partial charge in [-0.25, -0.2) is 4.39 Å².